The maximum absolute atomic E-state index is 7.93. The van der Waals surface area contributed by atoms with E-state index in [-0.39, 0.29) is 5.60 Å². The molecule has 0 aromatic heterocycles. The van der Waals surface area contributed by atoms with Crippen LogP contribution in [0.25, 0.3) is 0 Å². The van der Waals surface area contributed by atoms with E-state index in [1.165, 1.54) is 0 Å². The third-order valence-corrected chi connectivity index (χ3v) is 0.352. The van der Waals surface area contributed by atoms with Gasteiger partial charge in [-0.1, -0.05) is 13.8 Å². The minimum Gasteiger partial charge on any atom is -0.422 e. The molecule has 0 aromatic carbocycles. The molecule has 0 aliphatic rings. The Hall–Kier alpha value is -0.710. The minimum absolute atomic E-state index is 0.311. The normalized spacial score (nSPS) is 8.44. The first-order chi connectivity index (χ1) is 4.06. The fourth-order valence-electron chi connectivity index (χ4n) is 0.137. The molecule has 0 saturated carbocycles. The molecule has 2 heteroatoms. The van der Waals surface area contributed by atoms with Crippen LogP contribution in [0.4, 0.5) is 0 Å². The molecule has 0 amide bonds. The summed E-state index contributed by atoms with van der Waals surface area (Å²) < 4.78 is 4.53. The summed E-state index contributed by atoms with van der Waals surface area (Å²) in [5, 5.41) is 7.93. The molecule has 0 heterocycles. The summed E-state index contributed by atoms with van der Waals surface area (Å²) in [4.78, 5) is 0. The van der Waals surface area contributed by atoms with Crippen molar-refractivity contribution >= 4 is 0 Å². The van der Waals surface area contributed by atoms with Crippen LogP contribution < -0.4 is 0 Å². The number of ether oxygens (including phenoxy) is 1. The molecule has 0 unspecified atom stereocenters. The van der Waals surface area contributed by atoms with E-state index in [9.17, 15) is 0 Å². The van der Waals surface area contributed by atoms with Crippen molar-refractivity contribution in [2.24, 2.45) is 0 Å². The van der Waals surface area contributed by atoms with Crippen molar-refractivity contribution in [3.8, 4) is 6.26 Å². The zero-order chi connectivity index (χ0) is 7.91. The van der Waals surface area contributed by atoms with Gasteiger partial charge < -0.3 is 4.74 Å². The summed E-state index contributed by atoms with van der Waals surface area (Å²) in [5.74, 6) is 0. The predicted molar refractivity (Wildman–Crippen MR) is 37.8 cm³/mol. The minimum atomic E-state index is -0.311. The highest BCUT2D eigenvalue weighted by Crippen LogP contribution is 2.03. The molecule has 0 N–H and O–H groups in total. The van der Waals surface area contributed by atoms with Crippen molar-refractivity contribution in [3.05, 3.63) is 0 Å². The van der Waals surface area contributed by atoms with Crippen LogP contribution in [-0.4, -0.2) is 5.60 Å². The average molecular weight is 129 g/mol. The summed E-state index contributed by atoms with van der Waals surface area (Å²) in [6, 6.07) is 0. The second kappa shape index (κ2) is 5.43. The molecule has 2 nitrogen and oxygen atoms in total. The van der Waals surface area contributed by atoms with Gasteiger partial charge in [0.1, 0.15) is 5.60 Å². The zero-order valence-corrected chi connectivity index (χ0v) is 6.86. The Morgan fingerprint density at radius 1 is 1.22 bits per heavy atom. The smallest absolute Gasteiger partial charge is 0.286 e. The maximum Gasteiger partial charge on any atom is 0.286 e. The van der Waals surface area contributed by atoms with Crippen LogP contribution in [0, 0.1) is 11.5 Å². The third kappa shape index (κ3) is 18.8. The molecule has 0 bridgehead atoms. The van der Waals surface area contributed by atoms with E-state index in [1.807, 2.05) is 34.6 Å². The van der Waals surface area contributed by atoms with Gasteiger partial charge in [-0.2, -0.15) is 5.26 Å². The summed E-state index contributed by atoms with van der Waals surface area (Å²) in [6.07, 6.45) is 1.61. The van der Waals surface area contributed by atoms with Gasteiger partial charge in [0.25, 0.3) is 6.26 Å². The van der Waals surface area contributed by atoms with E-state index in [4.69, 9.17) is 5.26 Å². The van der Waals surface area contributed by atoms with Gasteiger partial charge in [0.15, 0.2) is 0 Å². The van der Waals surface area contributed by atoms with Crippen LogP contribution in [0.3, 0.4) is 0 Å². The first-order valence-electron chi connectivity index (χ1n) is 3.13. The van der Waals surface area contributed by atoms with E-state index in [0.717, 1.165) is 0 Å². The molecule has 0 fully saturated rings. The summed E-state index contributed by atoms with van der Waals surface area (Å²) in [6.45, 7) is 9.49. The Bertz CT molecular complexity index is 86.1. The number of hydrogen-bond acceptors (Lipinski definition) is 2. The quantitative estimate of drug-likeness (QED) is 0.470. The molecular formula is C7H15NO. The molecule has 0 spiro atoms. The van der Waals surface area contributed by atoms with Crippen molar-refractivity contribution in [3.63, 3.8) is 0 Å². The van der Waals surface area contributed by atoms with Gasteiger partial charge in [0.2, 0.25) is 0 Å². The number of nitrogens with zero attached hydrogens (tertiary/aromatic N) is 1. The fourth-order valence-corrected chi connectivity index (χ4v) is 0.137. The van der Waals surface area contributed by atoms with Gasteiger partial charge in [0, 0.05) is 0 Å². The van der Waals surface area contributed by atoms with Gasteiger partial charge in [-0.15, -0.1) is 0 Å². The van der Waals surface area contributed by atoms with Crippen molar-refractivity contribution < 1.29 is 4.74 Å². The lowest BCUT2D eigenvalue weighted by Crippen LogP contribution is -2.15. The summed E-state index contributed by atoms with van der Waals surface area (Å²) in [7, 11) is 0. The molecule has 0 radical (unpaired) electrons. The van der Waals surface area contributed by atoms with Crippen LogP contribution in [0.2, 0.25) is 0 Å². The van der Waals surface area contributed by atoms with E-state index < -0.39 is 0 Å². The monoisotopic (exact) mass is 129 g/mol. The molecule has 0 rings (SSSR count). The Kier molecular flexibility index (Phi) is 6.71. The Morgan fingerprint density at radius 3 is 1.56 bits per heavy atom. The van der Waals surface area contributed by atoms with Crippen LogP contribution in [0.5, 0.6) is 0 Å². The number of nitriles is 1. The molecule has 9 heavy (non-hydrogen) atoms. The Labute approximate surface area is 57.4 Å². The van der Waals surface area contributed by atoms with Gasteiger partial charge >= 0.3 is 0 Å². The zero-order valence-electron chi connectivity index (χ0n) is 6.86. The molecule has 0 aromatic rings. The second-order valence-corrected chi connectivity index (χ2v) is 2.31. The first-order valence-corrected chi connectivity index (χ1v) is 3.13. The fraction of sp³-hybridized carbons (Fsp3) is 0.857. The van der Waals surface area contributed by atoms with Crippen LogP contribution in [0.15, 0.2) is 0 Å². The van der Waals surface area contributed by atoms with Crippen LogP contribution in [-0.2, 0) is 4.74 Å². The van der Waals surface area contributed by atoms with Crippen LogP contribution >= 0.6 is 0 Å². The van der Waals surface area contributed by atoms with E-state index in [0.29, 0.717) is 0 Å². The molecular weight excluding hydrogens is 114 g/mol. The standard InChI is InChI=1S/C5H9NO.C2H6/c1-5(2,3)7-4-6;1-2/h1-3H3;1-2H3. The van der Waals surface area contributed by atoms with E-state index >= 15 is 0 Å². The third-order valence-electron chi connectivity index (χ3n) is 0.352. The summed E-state index contributed by atoms with van der Waals surface area (Å²) >= 11 is 0. The maximum atomic E-state index is 7.93. The highest BCUT2D eigenvalue weighted by molar-refractivity contribution is 4.64. The van der Waals surface area contributed by atoms with Gasteiger partial charge in [-0.25, -0.2) is 0 Å². The van der Waals surface area contributed by atoms with Crippen LogP contribution in [0.1, 0.15) is 34.6 Å². The predicted octanol–water partition coefficient (Wildman–Crippen LogP) is 2.31. The van der Waals surface area contributed by atoms with Gasteiger partial charge in [0.05, 0.1) is 0 Å². The van der Waals surface area contributed by atoms with Crippen molar-refractivity contribution in [1.29, 1.82) is 5.26 Å². The number of hydrogen-bond donors (Lipinski definition) is 0. The van der Waals surface area contributed by atoms with Gasteiger partial charge in [-0.05, 0) is 20.8 Å². The lowest BCUT2D eigenvalue weighted by atomic mass is 10.2. The Morgan fingerprint density at radius 2 is 1.56 bits per heavy atom. The lowest BCUT2D eigenvalue weighted by Gasteiger charge is -2.12. The molecule has 0 aliphatic carbocycles. The Balaban J connectivity index is 0. The van der Waals surface area contributed by atoms with Gasteiger partial charge in [-0.3, -0.25) is 0 Å². The highest BCUT2D eigenvalue weighted by atomic mass is 16.5. The van der Waals surface area contributed by atoms with E-state index in [2.05, 4.69) is 4.74 Å². The topological polar surface area (TPSA) is 33.0 Å². The lowest BCUT2D eigenvalue weighted by molar-refractivity contribution is 0.0920. The molecule has 0 saturated heterocycles. The second-order valence-electron chi connectivity index (χ2n) is 2.31. The SMILES string of the molecule is CC.CC(C)(C)OC#N. The molecule has 0 aliphatic heterocycles. The van der Waals surface area contributed by atoms with Crippen molar-refractivity contribution in [2.45, 2.75) is 40.2 Å². The average Bonchev–Trinajstić information content (AvgIpc) is 1.69. The first kappa shape index (κ1) is 11.1. The largest absolute Gasteiger partial charge is 0.422 e. The van der Waals surface area contributed by atoms with E-state index in [1.54, 1.807) is 6.26 Å². The van der Waals surface area contributed by atoms with Crippen molar-refractivity contribution in [2.75, 3.05) is 0 Å². The summed E-state index contributed by atoms with van der Waals surface area (Å²) in [5.41, 5.74) is -0.311. The highest BCUT2D eigenvalue weighted by Gasteiger charge is 2.08. The molecule has 0 atom stereocenters. The van der Waals surface area contributed by atoms with Crippen molar-refractivity contribution in [1.82, 2.24) is 0 Å². The molecule has 54 valence electrons. The number of rotatable bonds is 0.